The van der Waals surface area contributed by atoms with Gasteiger partial charge in [-0.25, -0.2) is 9.18 Å². The van der Waals surface area contributed by atoms with Gasteiger partial charge in [0.25, 0.3) is 0 Å². The first-order valence-corrected chi connectivity index (χ1v) is 6.29. The molecule has 1 aromatic heterocycles. The Balaban J connectivity index is 2.04. The van der Waals surface area contributed by atoms with E-state index in [-0.39, 0.29) is 11.3 Å². The number of carboxylic acids is 1. The van der Waals surface area contributed by atoms with Crippen molar-refractivity contribution in [2.45, 2.75) is 0 Å². The van der Waals surface area contributed by atoms with Crippen LogP contribution in [-0.2, 0) is 0 Å². The molecule has 0 saturated heterocycles. The predicted octanol–water partition coefficient (Wildman–Crippen LogP) is 3.82. The Kier molecular flexibility index (Phi) is 3.23. The third-order valence-corrected chi connectivity index (χ3v) is 3.10. The smallest absolute Gasteiger partial charge is 0.337 e. The van der Waals surface area contributed by atoms with E-state index in [1.807, 2.05) is 24.3 Å². The fourth-order valence-corrected chi connectivity index (χ4v) is 2.11. The van der Waals surface area contributed by atoms with Crippen molar-refractivity contribution in [3.05, 3.63) is 66.1 Å². The summed E-state index contributed by atoms with van der Waals surface area (Å²) in [6, 6.07) is 13.2. The second kappa shape index (κ2) is 5.20. The Hall–Kier alpha value is -2.95. The molecule has 0 amide bonds. The molecular formula is C16H11FN2O2. The molecule has 0 aliphatic carbocycles. The number of carbonyl (C=O) groups is 1. The number of benzene rings is 2. The Morgan fingerprint density at radius 1 is 1.14 bits per heavy atom. The molecule has 2 N–H and O–H groups in total. The zero-order valence-electron chi connectivity index (χ0n) is 10.9. The van der Waals surface area contributed by atoms with Crippen molar-refractivity contribution in [3.63, 3.8) is 0 Å². The van der Waals surface area contributed by atoms with Crippen molar-refractivity contribution >= 4 is 28.2 Å². The van der Waals surface area contributed by atoms with Gasteiger partial charge in [0.15, 0.2) is 0 Å². The first-order chi connectivity index (χ1) is 10.1. The van der Waals surface area contributed by atoms with Gasteiger partial charge >= 0.3 is 5.97 Å². The van der Waals surface area contributed by atoms with E-state index in [4.69, 9.17) is 5.11 Å². The van der Waals surface area contributed by atoms with Crippen LogP contribution in [0.25, 0.3) is 10.9 Å². The molecule has 0 unspecified atom stereocenters. The van der Waals surface area contributed by atoms with Crippen LogP contribution in [0.15, 0.2) is 54.7 Å². The maximum absolute atomic E-state index is 13.9. The maximum Gasteiger partial charge on any atom is 0.337 e. The van der Waals surface area contributed by atoms with Crippen LogP contribution in [0.4, 0.5) is 15.8 Å². The number of para-hydroxylation sites is 2. The van der Waals surface area contributed by atoms with Crippen LogP contribution in [0.3, 0.4) is 0 Å². The Bertz CT molecular complexity index is 833. The second-order valence-electron chi connectivity index (χ2n) is 4.51. The highest BCUT2D eigenvalue weighted by Gasteiger charge is 2.14. The minimum absolute atomic E-state index is 0.0675. The first kappa shape index (κ1) is 13.1. The molecule has 0 radical (unpaired) electrons. The topological polar surface area (TPSA) is 62.2 Å². The lowest BCUT2D eigenvalue weighted by molar-refractivity contribution is 0.0697. The molecule has 4 nitrogen and oxygen atoms in total. The monoisotopic (exact) mass is 282 g/mol. The van der Waals surface area contributed by atoms with Crippen molar-refractivity contribution in [2.24, 2.45) is 0 Å². The van der Waals surface area contributed by atoms with Gasteiger partial charge in [-0.1, -0.05) is 24.3 Å². The fourth-order valence-electron chi connectivity index (χ4n) is 2.11. The van der Waals surface area contributed by atoms with Crippen LogP contribution in [0, 0.1) is 5.82 Å². The number of rotatable bonds is 3. The lowest BCUT2D eigenvalue weighted by Crippen LogP contribution is -2.05. The largest absolute Gasteiger partial charge is 0.478 e. The number of aromatic carboxylic acids is 1. The minimum atomic E-state index is -1.19. The van der Waals surface area contributed by atoms with Gasteiger partial charge in [0.1, 0.15) is 5.82 Å². The van der Waals surface area contributed by atoms with Crippen molar-refractivity contribution in [3.8, 4) is 0 Å². The maximum atomic E-state index is 13.9. The second-order valence-corrected chi connectivity index (χ2v) is 4.51. The van der Waals surface area contributed by atoms with Crippen molar-refractivity contribution in [2.75, 3.05) is 5.32 Å². The summed E-state index contributed by atoms with van der Waals surface area (Å²) in [5.41, 5.74) is 1.15. The van der Waals surface area contributed by atoms with Gasteiger partial charge in [-0.15, -0.1) is 0 Å². The van der Waals surface area contributed by atoms with Crippen molar-refractivity contribution in [1.29, 1.82) is 0 Å². The van der Waals surface area contributed by atoms with Gasteiger partial charge in [-0.3, -0.25) is 4.98 Å². The predicted molar refractivity (Wildman–Crippen MR) is 78.4 cm³/mol. The average molecular weight is 282 g/mol. The summed E-state index contributed by atoms with van der Waals surface area (Å²) in [6.45, 7) is 0. The molecule has 0 aliphatic rings. The lowest BCUT2D eigenvalue weighted by atomic mass is 10.1. The number of anilines is 2. The first-order valence-electron chi connectivity index (χ1n) is 6.29. The number of carboxylic acid groups (broad SMARTS) is 1. The van der Waals surface area contributed by atoms with Gasteiger partial charge in [0.05, 0.1) is 28.7 Å². The molecule has 104 valence electrons. The summed E-state index contributed by atoms with van der Waals surface area (Å²) in [7, 11) is 0. The van der Waals surface area contributed by atoms with Crippen LogP contribution in [0.1, 0.15) is 10.4 Å². The van der Waals surface area contributed by atoms with E-state index in [0.717, 1.165) is 10.9 Å². The standard InChI is InChI=1S/C16H11FN2O2/c17-13-6-3-5-12(16(20)21)15(13)19-11-8-10-4-1-2-7-14(10)18-9-11/h1-9,19H,(H,20,21). The Morgan fingerprint density at radius 2 is 1.95 bits per heavy atom. The van der Waals surface area contributed by atoms with E-state index in [1.54, 1.807) is 12.3 Å². The number of nitrogens with zero attached hydrogens (tertiary/aromatic N) is 1. The minimum Gasteiger partial charge on any atom is -0.478 e. The van der Waals surface area contributed by atoms with Crippen LogP contribution < -0.4 is 5.32 Å². The number of pyridine rings is 1. The average Bonchev–Trinajstić information content (AvgIpc) is 2.49. The molecule has 0 aliphatic heterocycles. The summed E-state index contributed by atoms with van der Waals surface area (Å²) < 4.78 is 13.9. The van der Waals surface area contributed by atoms with Crippen LogP contribution in [0.5, 0.6) is 0 Å². The molecule has 0 saturated carbocycles. The third-order valence-electron chi connectivity index (χ3n) is 3.10. The van der Waals surface area contributed by atoms with Crippen molar-refractivity contribution in [1.82, 2.24) is 4.98 Å². The van der Waals surface area contributed by atoms with Crippen LogP contribution >= 0.6 is 0 Å². The van der Waals surface area contributed by atoms with E-state index in [9.17, 15) is 9.18 Å². The Labute approximate surface area is 119 Å². The van der Waals surface area contributed by atoms with E-state index >= 15 is 0 Å². The molecular weight excluding hydrogens is 271 g/mol. The highest BCUT2D eigenvalue weighted by atomic mass is 19.1. The van der Waals surface area contributed by atoms with Gasteiger partial charge < -0.3 is 10.4 Å². The highest BCUT2D eigenvalue weighted by Crippen LogP contribution is 2.25. The zero-order valence-corrected chi connectivity index (χ0v) is 10.9. The quantitative estimate of drug-likeness (QED) is 0.766. The van der Waals surface area contributed by atoms with E-state index < -0.39 is 11.8 Å². The van der Waals surface area contributed by atoms with E-state index in [2.05, 4.69) is 10.3 Å². The molecule has 2 aromatic carbocycles. The Morgan fingerprint density at radius 3 is 2.76 bits per heavy atom. The number of hydrogen-bond acceptors (Lipinski definition) is 3. The number of fused-ring (bicyclic) bond motifs is 1. The molecule has 0 bridgehead atoms. The van der Waals surface area contributed by atoms with Gasteiger partial charge in [-0.2, -0.15) is 0 Å². The van der Waals surface area contributed by atoms with E-state index in [0.29, 0.717) is 5.69 Å². The van der Waals surface area contributed by atoms with E-state index in [1.165, 1.54) is 18.2 Å². The normalized spacial score (nSPS) is 10.5. The van der Waals surface area contributed by atoms with Crippen LogP contribution in [0.2, 0.25) is 0 Å². The molecule has 0 fully saturated rings. The zero-order chi connectivity index (χ0) is 14.8. The molecule has 3 rings (SSSR count). The third kappa shape index (κ3) is 2.53. The summed E-state index contributed by atoms with van der Waals surface area (Å²) >= 11 is 0. The van der Waals surface area contributed by atoms with Crippen molar-refractivity contribution < 1.29 is 14.3 Å². The number of aromatic nitrogens is 1. The summed E-state index contributed by atoms with van der Waals surface area (Å²) in [4.78, 5) is 15.4. The lowest BCUT2D eigenvalue weighted by Gasteiger charge is -2.11. The summed E-state index contributed by atoms with van der Waals surface area (Å²) in [6.07, 6.45) is 1.54. The molecule has 21 heavy (non-hydrogen) atoms. The summed E-state index contributed by atoms with van der Waals surface area (Å²) in [5, 5.41) is 12.8. The molecule has 5 heteroatoms. The number of halogens is 1. The SMILES string of the molecule is O=C(O)c1cccc(F)c1Nc1cnc2ccccc2c1. The number of nitrogens with one attached hydrogen (secondary N) is 1. The van der Waals surface area contributed by atoms with Crippen LogP contribution in [-0.4, -0.2) is 16.1 Å². The number of hydrogen-bond donors (Lipinski definition) is 2. The van der Waals surface area contributed by atoms with Gasteiger partial charge in [0, 0.05) is 5.39 Å². The molecule has 1 heterocycles. The van der Waals surface area contributed by atoms with Gasteiger partial charge in [0.2, 0.25) is 0 Å². The highest BCUT2D eigenvalue weighted by molar-refractivity contribution is 5.95. The molecule has 3 aromatic rings. The molecule has 0 atom stereocenters. The summed E-state index contributed by atoms with van der Waals surface area (Å²) in [5.74, 6) is -1.81. The fraction of sp³-hybridized carbons (Fsp3) is 0. The van der Waals surface area contributed by atoms with Gasteiger partial charge in [-0.05, 0) is 24.3 Å². The molecule has 0 spiro atoms.